The highest BCUT2D eigenvalue weighted by Gasteiger charge is 2.06. The molecule has 0 radical (unpaired) electrons. The molecule has 6 nitrogen and oxygen atoms in total. The molecule has 0 atom stereocenters. The number of rotatable bonds is 4. The lowest BCUT2D eigenvalue weighted by Gasteiger charge is -2.13. The van der Waals surface area contributed by atoms with Gasteiger partial charge in [-0.2, -0.15) is 4.98 Å². The van der Waals surface area contributed by atoms with Crippen LogP contribution in [-0.2, 0) is 0 Å². The lowest BCUT2D eigenvalue weighted by molar-refractivity contribution is 0.882. The SMILES string of the molecule is CN(C)c1nc(Cl)cc(NC(=S)NCCN)n1. The molecule has 0 aromatic carbocycles. The van der Waals surface area contributed by atoms with Crippen molar-refractivity contribution in [2.45, 2.75) is 0 Å². The van der Waals surface area contributed by atoms with Crippen LogP contribution in [0.3, 0.4) is 0 Å². The Balaban J connectivity index is 2.73. The third kappa shape index (κ3) is 4.68. The first-order chi connectivity index (χ1) is 8.02. The minimum atomic E-state index is 0.354. The summed E-state index contributed by atoms with van der Waals surface area (Å²) in [5, 5.41) is 6.65. The number of nitrogens with zero attached hydrogens (tertiary/aromatic N) is 3. The van der Waals surface area contributed by atoms with Crippen LogP contribution in [0.1, 0.15) is 0 Å². The van der Waals surface area contributed by atoms with E-state index in [1.165, 1.54) is 0 Å². The maximum absolute atomic E-state index is 5.88. The van der Waals surface area contributed by atoms with Crippen molar-refractivity contribution in [3.05, 3.63) is 11.2 Å². The lowest BCUT2D eigenvalue weighted by atomic mass is 10.5. The third-order valence-corrected chi connectivity index (χ3v) is 2.19. The normalized spacial score (nSPS) is 9.88. The summed E-state index contributed by atoms with van der Waals surface area (Å²) in [5.41, 5.74) is 5.35. The molecule has 1 rings (SSSR count). The molecule has 0 amide bonds. The number of thiocarbonyl (C=S) groups is 1. The average Bonchev–Trinajstić information content (AvgIpc) is 2.25. The van der Waals surface area contributed by atoms with Crippen LogP contribution in [-0.4, -0.2) is 42.3 Å². The van der Waals surface area contributed by atoms with Gasteiger partial charge in [-0.1, -0.05) is 11.6 Å². The van der Waals surface area contributed by atoms with Crippen molar-refractivity contribution in [3.63, 3.8) is 0 Å². The Hall–Kier alpha value is -1.18. The molecule has 0 aliphatic carbocycles. The van der Waals surface area contributed by atoms with Crippen LogP contribution in [0, 0.1) is 0 Å². The van der Waals surface area contributed by atoms with Gasteiger partial charge in [0.25, 0.3) is 0 Å². The van der Waals surface area contributed by atoms with E-state index in [4.69, 9.17) is 29.6 Å². The summed E-state index contributed by atoms with van der Waals surface area (Å²) in [6.07, 6.45) is 0. The van der Waals surface area contributed by atoms with Crippen molar-refractivity contribution in [2.24, 2.45) is 5.73 Å². The molecule has 1 aromatic rings. The molecule has 0 saturated heterocycles. The van der Waals surface area contributed by atoms with E-state index in [9.17, 15) is 0 Å². The fourth-order valence-corrected chi connectivity index (χ4v) is 1.40. The van der Waals surface area contributed by atoms with Gasteiger partial charge in [0.05, 0.1) is 0 Å². The highest BCUT2D eigenvalue weighted by atomic mass is 35.5. The number of hydrogen-bond donors (Lipinski definition) is 3. The zero-order valence-electron chi connectivity index (χ0n) is 9.70. The van der Waals surface area contributed by atoms with Crippen LogP contribution in [0.25, 0.3) is 0 Å². The van der Waals surface area contributed by atoms with Crippen LogP contribution in [0.15, 0.2) is 6.07 Å². The van der Waals surface area contributed by atoms with E-state index in [2.05, 4.69) is 20.6 Å². The predicted molar refractivity (Wildman–Crippen MR) is 74.6 cm³/mol. The molecule has 17 heavy (non-hydrogen) atoms. The summed E-state index contributed by atoms with van der Waals surface area (Å²) in [6.45, 7) is 1.11. The van der Waals surface area contributed by atoms with E-state index in [1.807, 2.05) is 14.1 Å². The second-order valence-corrected chi connectivity index (χ2v) is 4.24. The molecule has 1 aromatic heterocycles. The third-order valence-electron chi connectivity index (χ3n) is 1.75. The average molecular weight is 275 g/mol. The zero-order chi connectivity index (χ0) is 12.8. The monoisotopic (exact) mass is 274 g/mol. The molecule has 0 spiro atoms. The topological polar surface area (TPSA) is 79.1 Å². The number of nitrogens with two attached hydrogens (primary N) is 1. The van der Waals surface area contributed by atoms with Gasteiger partial charge in [-0.25, -0.2) is 4.98 Å². The van der Waals surface area contributed by atoms with Crippen molar-refractivity contribution >= 4 is 40.7 Å². The first-order valence-corrected chi connectivity index (χ1v) is 5.78. The Morgan fingerprint density at radius 1 is 1.53 bits per heavy atom. The Labute approximate surface area is 111 Å². The predicted octanol–water partition coefficient (Wildman–Crippen LogP) is 0.441. The van der Waals surface area contributed by atoms with Gasteiger partial charge in [0.2, 0.25) is 5.95 Å². The Morgan fingerprint density at radius 2 is 2.24 bits per heavy atom. The Kier molecular flexibility index (Phi) is 5.33. The molecule has 8 heteroatoms. The molecule has 0 unspecified atom stereocenters. The van der Waals surface area contributed by atoms with Gasteiger partial charge in [-0.3, -0.25) is 0 Å². The lowest BCUT2D eigenvalue weighted by Crippen LogP contribution is -2.33. The molecule has 0 bridgehead atoms. The maximum atomic E-state index is 5.88. The highest BCUT2D eigenvalue weighted by Crippen LogP contribution is 2.15. The number of halogens is 1. The first-order valence-electron chi connectivity index (χ1n) is 4.99. The number of anilines is 2. The van der Waals surface area contributed by atoms with Crippen molar-refractivity contribution in [3.8, 4) is 0 Å². The van der Waals surface area contributed by atoms with Crippen LogP contribution >= 0.6 is 23.8 Å². The maximum Gasteiger partial charge on any atom is 0.228 e. The minimum absolute atomic E-state index is 0.354. The molecule has 94 valence electrons. The van der Waals surface area contributed by atoms with Crippen LogP contribution in [0.5, 0.6) is 0 Å². The minimum Gasteiger partial charge on any atom is -0.361 e. The van der Waals surface area contributed by atoms with Gasteiger partial charge in [-0.15, -0.1) is 0 Å². The molecule has 0 fully saturated rings. The van der Waals surface area contributed by atoms with E-state index in [-0.39, 0.29) is 0 Å². The highest BCUT2D eigenvalue weighted by molar-refractivity contribution is 7.80. The number of aromatic nitrogens is 2. The fraction of sp³-hybridized carbons (Fsp3) is 0.444. The fourth-order valence-electron chi connectivity index (χ4n) is 1.02. The second kappa shape index (κ2) is 6.53. The second-order valence-electron chi connectivity index (χ2n) is 3.44. The van der Waals surface area contributed by atoms with E-state index in [0.29, 0.717) is 35.1 Å². The molecule has 0 aliphatic heterocycles. The molecular formula is C9H15ClN6S. The van der Waals surface area contributed by atoms with E-state index in [0.717, 1.165) is 0 Å². The van der Waals surface area contributed by atoms with E-state index < -0.39 is 0 Å². The van der Waals surface area contributed by atoms with Crippen LogP contribution in [0.2, 0.25) is 5.15 Å². The van der Waals surface area contributed by atoms with Crippen molar-refractivity contribution < 1.29 is 0 Å². The van der Waals surface area contributed by atoms with Crippen LogP contribution < -0.4 is 21.3 Å². The van der Waals surface area contributed by atoms with E-state index >= 15 is 0 Å². The van der Waals surface area contributed by atoms with Gasteiger partial charge in [0, 0.05) is 33.3 Å². The summed E-state index contributed by atoms with van der Waals surface area (Å²) in [6, 6.07) is 1.60. The van der Waals surface area contributed by atoms with Gasteiger partial charge >= 0.3 is 0 Å². The van der Waals surface area contributed by atoms with Crippen molar-refractivity contribution in [1.82, 2.24) is 15.3 Å². The van der Waals surface area contributed by atoms with Gasteiger partial charge in [0.15, 0.2) is 5.11 Å². The molecule has 0 aliphatic rings. The smallest absolute Gasteiger partial charge is 0.228 e. The summed E-state index contributed by atoms with van der Waals surface area (Å²) < 4.78 is 0. The van der Waals surface area contributed by atoms with Crippen molar-refractivity contribution in [1.29, 1.82) is 0 Å². The largest absolute Gasteiger partial charge is 0.361 e. The van der Waals surface area contributed by atoms with Crippen molar-refractivity contribution in [2.75, 3.05) is 37.4 Å². The summed E-state index contributed by atoms with van der Waals surface area (Å²) in [4.78, 5) is 10.1. The Bertz CT molecular complexity index is 397. The summed E-state index contributed by atoms with van der Waals surface area (Å²) in [5.74, 6) is 1.06. The summed E-state index contributed by atoms with van der Waals surface area (Å²) >= 11 is 10.9. The van der Waals surface area contributed by atoms with Gasteiger partial charge in [0.1, 0.15) is 11.0 Å². The molecular weight excluding hydrogens is 260 g/mol. The molecule has 4 N–H and O–H groups in total. The molecule has 1 heterocycles. The number of hydrogen-bond acceptors (Lipinski definition) is 5. The van der Waals surface area contributed by atoms with Crippen LogP contribution in [0.4, 0.5) is 11.8 Å². The van der Waals surface area contributed by atoms with Gasteiger partial charge in [-0.05, 0) is 12.2 Å². The summed E-state index contributed by atoms with van der Waals surface area (Å²) in [7, 11) is 3.67. The van der Waals surface area contributed by atoms with Gasteiger partial charge < -0.3 is 21.3 Å². The molecule has 0 saturated carbocycles. The van der Waals surface area contributed by atoms with E-state index in [1.54, 1.807) is 11.0 Å². The number of nitrogens with one attached hydrogen (secondary N) is 2. The standard InChI is InChI=1S/C9H15ClN6S/c1-16(2)8-13-6(10)5-7(14-8)15-9(17)12-4-3-11/h5H,3-4,11H2,1-2H3,(H2,12,13,14,15,17). The quantitative estimate of drug-likeness (QED) is 0.543. The first kappa shape index (κ1) is 13.9. The zero-order valence-corrected chi connectivity index (χ0v) is 11.3. The Morgan fingerprint density at radius 3 is 2.82 bits per heavy atom.